The number of carbonyl (C=O) groups is 2. The van der Waals surface area contributed by atoms with Gasteiger partial charge in [-0.1, -0.05) is 32.3 Å². The molecule has 3 N–H and O–H groups in total. The molecule has 1 heterocycles. The molecule has 1 aliphatic rings. The summed E-state index contributed by atoms with van der Waals surface area (Å²) in [7, 11) is 1.55. The van der Waals surface area contributed by atoms with Crippen LogP contribution in [0.3, 0.4) is 0 Å². The summed E-state index contributed by atoms with van der Waals surface area (Å²) in [5.74, 6) is 0.00396. The zero-order chi connectivity index (χ0) is 24.5. The molecule has 180 valence electrons. The number of amides is 2. The maximum Gasteiger partial charge on any atom is 0.266 e. The predicted molar refractivity (Wildman–Crippen MR) is 134 cm³/mol. The molecule has 0 unspecified atom stereocenters. The average molecular weight is 482 g/mol. The molecule has 0 saturated carbocycles. The normalized spacial score (nSPS) is 13.0. The Kier molecular flexibility index (Phi) is 9.11. The van der Waals surface area contributed by atoms with Gasteiger partial charge >= 0.3 is 0 Å². The number of methoxy groups -OCH3 is 1. The van der Waals surface area contributed by atoms with Crippen molar-refractivity contribution in [2.75, 3.05) is 19.0 Å². The van der Waals surface area contributed by atoms with E-state index >= 15 is 0 Å². The van der Waals surface area contributed by atoms with Crippen molar-refractivity contribution in [2.24, 2.45) is 5.73 Å². The number of thiophene rings is 1. The number of nitriles is 1. The van der Waals surface area contributed by atoms with E-state index in [9.17, 15) is 14.9 Å². The molecule has 0 aliphatic heterocycles. The number of ether oxygens (including phenoxy) is 2. The number of benzene rings is 1. The fourth-order valence-electron chi connectivity index (χ4n) is 4.00. The Morgan fingerprint density at radius 1 is 1.21 bits per heavy atom. The van der Waals surface area contributed by atoms with Crippen molar-refractivity contribution in [1.82, 2.24) is 0 Å². The van der Waals surface area contributed by atoms with Gasteiger partial charge < -0.3 is 20.5 Å². The highest BCUT2D eigenvalue weighted by molar-refractivity contribution is 7.17. The Hall–Kier alpha value is -3.31. The van der Waals surface area contributed by atoms with Gasteiger partial charge in [0.1, 0.15) is 16.6 Å². The third kappa shape index (κ3) is 6.17. The van der Waals surface area contributed by atoms with Crippen molar-refractivity contribution < 1.29 is 19.1 Å². The predicted octanol–water partition coefficient (Wildman–Crippen LogP) is 5.24. The summed E-state index contributed by atoms with van der Waals surface area (Å²) in [5, 5.41) is 12.8. The summed E-state index contributed by atoms with van der Waals surface area (Å²) in [6, 6.07) is 7.22. The molecule has 0 radical (unpaired) electrons. The number of aryl methyl sites for hydroxylation is 1. The quantitative estimate of drug-likeness (QED) is 0.259. The molecule has 34 heavy (non-hydrogen) atoms. The molecule has 0 saturated heterocycles. The minimum Gasteiger partial charge on any atom is -0.493 e. The number of primary amides is 1. The number of anilines is 1. The number of hydrogen-bond acceptors (Lipinski definition) is 6. The molecule has 0 spiro atoms. The molecule has 0 fully saturated rings. The third-order valence-corrected chi connectivity index (χ3v) is 6.97. The van der Waals surface area contributed by atoms with E-state index in [0.717, 1.165) is 55.4 Å². The number of fused-ring (bicyclic) bond motifs is 1. The molecule has 1 aliphatic carbocycles. The first-order valence-corrected chi connectivity index (χ1v) is 12.5. The van der Waals surface area contributed by atoms with Gasteiger partial charge in [0.15, 0.2) is 11.5 Å². The zero-order valence-electron chi connectivity index (χ0n) is 19.7. The number of nitrogens with zero attached hydrogens (tertiary/aromatic N) is 1. The molecular weight excluding hydrogens is 450 g/mol. The van der Waals surface area contributed by atoms with Crippen LogP contribution in [0, 0.1) is 11.3 Å². The number of rotatable bonds is 11. The summed E-state index contributed by atoms with van der Waals surface area (Å²) in [4.78, 5) is 26.0. The Morgan fingerprint density at radius 2 is 2.00 bits per heavy atom. The Labute approximate surface area is 204 Å². The standard InChI is InChI=1S/C26H31N3O4S/c1-3-4-5-8-13-33-20-12-11-17(15-21(20)32-2)14-18(16-27)25(31)29-26-23(24(28)30)19-9-6-7-10-22(19)34-26/h11-12,14-15H,3-10,13H2,1-2H3,(H2,28,30)(H,29,31)/b18-14+. The van der Waals surface area contributed by atoms with Crippen LogP contribution in [0.2, 0.25) is 0 Å². The SMILES string of the molecule is CCCCCCOc1ccc(/C=C(\C#N)C(=O)Nc2sc3c(c2C(N)=O)CCCC3)cc1OC. The van der Waals surface area contributed by atoms with Crippen LogP contribution in [0.5, 0.6) is 11.5 Å². The van der Waals surface area contributed by atoms with E-state index in [1.807, 2.05) is 6.07 Å². The Morgan fingerprint density at radius 3 is 2.71 bits per heavy atom. The van der Waals surface area contributed by atoms with Crippen LogP contribution in [0.25, 0.3) is 6.08 Å². The minimum atomic E-state index is -0.584. The first kappa shape index (κ1) is 25.3. The number of unbranched alkanes of at least 4 members (excludes halogenated alkanes) is 3. The highest BCUT2D eigenvalue weighted by atomic mass is 32.1. The van der Waals surface area contributed by atoms with E-state index < -0.39 is 11.8 Å². The van der Waals surface area contributed by atoms with Crippen molar-refractivity contribution in [2.45, 2.75) is 58.3 Å². The highest BCUT2D eigenvalue weighted by Gasteiger charge is 2.25. The van der Waals surface area contributed by atoms with Gasteiger partial charge in [-0.25, -0.2) is 0 Å². The zero-order valence-corrected chi connectivity index (χ0v) is 20.6. The summed E-state index contributed by atoms with van der Waals surface area (Å²) in [6.45, 7) is 2.76. The van der Waals surface area contributed by atoms with Gasteiger partial charge in [0.25, 0.3) is 11.8 Å². The maximum absolute atomic E-state index is 12.9. The molecular formula is C26H31N3O4S. The molecule has 1 aromatic carbocycles. The monoisotopic (exact) mass is 481 g/mol. The molecule has 0 atom stereocenters. The largest absolute Gasteiger partial charge is 0.493 e. The lowest BCUT2D eigenvalue weighted by Gasteiger charge is -2.11. The lowest BCUT2D eigenvalue weighted by molar-refractivity contribution is -0.112. The van der Waals surface area contributed by atoms with E-state index in [4.69, 9.17) is 15.2 Å². The molecule has 8 heteroatoms. The van der Waals surface area contributed by atoms with Crippen molar-refractivity contribution in [1.29, 1.82) is 5.26 Å². The van der Waals surface area contributed by atoms with Gasteiger partial charge in [0.2, 0.25) is 0 Å². The van der Waals surface area contributed by atoms with Crippen LogP contribution in [-0.2, 0) is 17.6 Å². The summed E-state index contributed by atoms with van der Waals surface area (Å²) >= 11 is 1.37. The lowest BCUT2D eigenvalue weighted by atomic mass is 9.95. The maximum atomic E-state index is 12.9. The van der Waals surface area contributed by atoms with Crippen LogP contribution in [0.15, 0.2) is 23.8 Å². The molecule has 0 bridgehead atoms. The van der Waals surface area contributed by atoms with Gasteiger partial charge in [-0.2, -0.15) is 5.26 Å². The van der Waals surface area contributed by atoms with Gasteiger partial charge in [0, 0.05) is 4.88 Å². The molecule has 1 aromatic heterocycles. The fraction of sp³-hybridized carbons (Fsp3) is 0.423. The first-order chi connectivity index (χ1) is 16.5. The Bertz CT molecular complexity index is 1110. The molecule has 7 nitrogen and oxygen atoms in total. The fourth-order valence-corrected chi connectivity index (χ4v) is 5.29. The van der Waals surface area contributed by atoms with Crippen LogP contribution >= 0.6 is 11.3 Å². The lowest BCUT2D eigenvalue weighted by Crippen LogP contribution is -2.19. The third-order valence-electron chi connectivity index (χ3n) is 5.76. The molecule has 3 rings (SSSR count). The number of nitrogens with one attached hydrogen (secondary N) is 1. The minimum absolute atomic E-state index is 0.0860. The van der Waals surface area contributed by atoms with E-state index in [1.165, 1.54) is 23.8 Å². The molecule has 2 amide bonds. The van der Waals surface area contributed by atoms with E-state index in [2.05, 4.69) is 12.2 Å². The van der Waals surface area contributed by atoms with Crippen molar-refractivity contribution >= 4 is 34.2 Å². The first-order valence-electron chi connectivity index (χ1n) is 11.7. The topological polar surface area (TPSA) is 114 Å². The van der Waals surface area contributed by atoms with Crippen LogP contribution in [-0.4, -0.2) is 25.5 Å². The van der Waals surface area contributed by atoms with Gasteiger partial charge in [0.05, 0.1) is 19.3 Å². The summed E-state index contributed by atoms with van der Waals surface area (Å²) in [6.07, 6.45) is 9.58. The van der Waals surface area contributed by atoms with Crippen LogP contribution in [0.1, 0.15) is 71.8 Å². The van der Waals surface area contributed by atoms with Crippen LogP contribution in [0.4, 0.5) is 5.00 Å². The van der Waals surface area contributed by atoms with E-state index in [1.54, 1.807) is 25.3 Å². The summed E-state index contributed by atoms with van der Waals surface area (Å²) < 4.78 is 11.3. The number of carbonyl (C=O) groups excluding carboxylic acids is 2. The van der Waals surface area contributed by atoms with Crippen molar-refractivity contribution in [3.63, 3.8) is 0 Å². The second kappa shape index (κ2) is 12.2. The van der Waals surface area contributed by atoms with Crippen molar-refractivity contribution in [3.8, 4) is 17.6 Å². The second-order valence-corrected chi connectivity index (χ2v) is 9.33. The molecule has 2 aromatic rings. The smallest absolute Gasteiger partial charge is 0.266 e. The van der Waals surface area contributed by atoms with Gasteiger partial charge in [-0.15, -0.1) is 11.3 Å². The van der Waals surface area contributed by atoms with E-state index in [-0.39, 0.29) is 5.57 Å². The van der Waals surface area contributed by atoms with Crippen LogP contribution < -0.4 is 20.5 Å². The Balaban J connectivity index is 1.76. The highest BCUT2D eigenvalue weighted by Crippen LogP contribution is 2.38. The number of hydrogen-bond donors (Lipinski definition) is 2. The summed E-state index contributed by atoms with van der Waals surface area (Å²) in [5.41, 5.74) is 7.44. The number of nitrogens with two attached hydrogens (primary N) is 1. The van der Waals surface area contributed by atoms with Crippen molar-refractivity contribution in [3.05, 3.63) is 45.3 Å². The van der Waals surface area contributed by atoms with Gasteiger partial charge in [-0.05, 0) is 61.4 Å². The van der Waals surface area contributed by atoms with E-state index in [0.29, 0.717) is 34.2 Å². The van der Waals surface area contributed by atoms with Gasteiger partial charge in [-0.3, -0.25) is 9.59 Å². The average Bonchev–Trinajstić information content (AvgIpc) is 3.20. The second-order valence-electron chi connectivity index (χ2n) is 8.22.